The Labute approximate surface area is 71.2 Å². The molecule has 0 aromatic rings. The first-order chi connectivity index (χ1) is 3.43. The van der Waals surface area contributed by atoms with Crippen LogP contribution in [0.3, 0.4) is 0 Å². The van der Waals surface area contributed by atoms with Crippen LogP contribution in [0.1, 0.15) is 0 Å². The standard InChI is InChI=1S/C4H6N2S.2ClH/c5-1-4-2-7-3-6-4;;/h4,6H,2-3H2;2*1H. The van der Waals surface area contributed by atoms with Crippen LogP contribution >= 0.6 is 36.6 Å². The van der Waals surface area contributed by atoms with E-state index in [9.17, 15) is 0 Å². The first kappa shape index (κ1) is 12.1. The topological polar surface area (TPSA) is 35.8 Å². The predicted molar refractivity (Wildman–Crippen MR) is 44.4 cm³/mol. The smallest absolute Gasteiger partial charge is 0.105 e. The van der Waals surface area contributed by atoms with Crippen molar-refractivity contribution in [1.29, 1.82) is 5.26 Å². The van der Waals surface area contributed by atoms with Crippen LogP contribution < -0.4 is 5.32 Å². The summed E-state index contributed by atoms with van der Waals surface area (Å²) in [4.78, 5) is 0. The Morgan fingerprint density at radius 1 is 1.56 bits per heavy atom. The van der Waals surface area contributed by atoms with Crippen LogP contribution in [0.4, 0.5) is 0 Å². The highest BCUT2D eigenvalue weighted by Crippen LogP contribution is 2.07. The molecule has 0 amide bonds. The van der Waals surface area contributed by atoms with Crippen LogP contribution in [0.2, 0.25) is 0 Å². The van der Waals surface area contributed by atoms with Gasteiger partial charge in [0.15, 0.2) is 0 Å². The molecule has 54 valence electrons. The molecule has 1 aliphatic rings. The first-order valence-electron chi connectivity index (χ1n) is 2.14. The Balaban J connectivity index is 0. The second-order valence-electron chi connectivity index (χ2n) is 1.40. The molecule has 1 unspecified atom stereocenters. The summed E-state index contributed by atoms with van der Waals surface area (Å²) in [6.07, 6.45) is 0. The molecule has 5 heteroatoms. The second kappa shape index (κ2) is 6.50. The van der Waals surface area contributed by atoms with Crippen LogP contribution in [0.5, 0.6) is 0 Å². The molecule has 0 radical (unpaired) electrons. The first-order valence-corrected chi connectivity index (χ1v) is 3.29. The van der Waals surface area contributed by atoms with Gasteiger partial charge >= 0.3 is 0 Å². The number of thioether (sulfide) groups is 1. The van der Waals surface area contributed by atoms with Crippen molar-refractivity contribution in [3.63, 3.8) is 0 Å². The molecule has 0 bridgehead atoms. The highest BCUT2D eigenvalue weighted by Gasteiger charge is 2.11. The maximum Gasteiger partial charge on any atom is 0.105 e. The molecule has 1 heterocycles. The van der Waals surface area contributed by atoms with Gasteiger partial charge in [0.25, 0.3) is 0 Å². The number of nitriles is 1. The Kier molecular flexibility index (Phi) is 8.73. The van der Waals surface area contributed by atoms with E-state index in [0.29, 0.717) is 0 Å². The van der Waals surface area contributed by atoms with Crippen molar-refractivity contribution < 1.29 is 0 Å². The van der Waals surface area contributed by atoms with E-state index in [4.69, 9.17) is 5.26 Å². The number of nitrogens with one attached hydrogen (secondary N) is 1. The van der Waals surface area contributed by atoms with Crippen molar-refractivity contribution in [2.24, 2.45) is 0 Å². The van der Waals surface area contributed by atoms with Crippen LogP contribution in [-0.4, -0.2) is 17.7 Å². The maximum atomic E-state index is 8.24. The summed E-state index contributed by atoms with van der Waals surface area (Å²) >= 11 is 1.77. The van der Waals surface area contributed by atoms with Crippen molar-refractivity contribution in [2.75, 3.05) is 11.6 Å². The van der Waals surface area contributed by atoms with E-state index in [1.807, 2.05) is 0 Å². The van der Waals surface area contributed by atoms with E-state index in [-0.39, 0.29) is 30.9 Å². The number of hydrogen-bond acceptors (Lipinski definition) is 3. The summed E-state index contributed by atoms with van der Waals surface area (Å²) in [5.41, 5.74) is 0. The summed E-state index contributed by atoms with van der Waals surface area (Å²) in [6, 6.07) is 2.25. The number of rotatable bonds is 0. The molecular formula is C4H8Cl2N2S. The lowest BCUT2D eigenvalue weighted by atomic mass is 10.4. The minimum atomic E-state index is 0. The molecule has 0 aliphatic carbocycles. The van der Waals surface area contributed by atoms with Gasteiger partial charge in [0.1, 0.15) is 6.04 Å². The van der Waals surface area contributed by atoms with Gasteiger partial charge in [-0.2, -0.15) is 5.26 Å². The summed E-state index contributed by atoms with van der Waals surface area (Å²) in [5, 5.41) is 11.2. The molecule has 2 nitrogen and oxygen atoms in total. The fraction of sp³-hybridized carbons (Fsp3) is 0.750. The molecule has 1 aliphatic heterocycles. The van der Waals surface area contributed by atoms with E-state index in [1.54, 1.807) is 11.8 Å². The quantitative estimate of drug-likeness (QED) is 0.614. The molecular weight excluding hydrogens is 179 g/mol. The van der Waals surface area contributed by atoms with E-state index in [2.05, 4.69) is 11.4 Å². The van der Waals surface area contributed by atoms with Gasteiger partial charge < -0.3 is 0 Å². The third-order valence-electron chi connectivity index (χ3n) is 0.872. The molecule has 0 spiro atoms. The molecule has 0 aromatic carbocycles. The van der Waals surface area contributed by atoms with Gasteiger partial charge in [0, 0.05) is 11.6 Å². The highest BCUT2D eigenvalue weighted by atomic mass is 35.5. The Morgan fingerprint density at radius 3 is 2.44 bits per heavy atom. The van der Waals surface area contributed by atoms with Crippen molar-refractivity contribution in [1.82, 2.24) is 5.32 Å². The molecule has 1 N–H and O–H groups in total. The normalized spacial score (nSPS) is 23.2. The van der Waals surface area contributed by atoms with Crippen molar-refractivity contribution in [3.05, 3.63) is 0 Å². The fourth-order valence-corrected chi connectivity index (χ4v) is 1.34. The fourth-order valence-electron chi connectivity index (χ4n) is 0.478. The van der Waals surface area contributed by atoms with Gasteiger partial charge in [0.05, 0.1) is 6.07 Å². The Bertz CT molecular complexity index is 97.2. The predicted octanol–water partition coefficient (Wildman–Crippen LogP) is 1.02. The van der Waals surface area contributed by atoms with Crippen LogP contribution in [0.15, 0.2) is 0 Å². The molecule has 1 atom stereocenters. The summed E-state index contributed by atoms with van der Waals surface area (Å²) < 4.78 is 0. The molecule has 0 saturated carbocycles. The van der Waals surface area contributed by atoms with Gasteiger partial charge in [-0.15, -0.1) is 36.6 Å². The second-order valence-corrected chi connectivity index (χ2v) is 2.43. The van der Waals surface area contributed by atoms with Gasteiger partial charge in [-0.3, -0.25) is 5.32 Å². The zero-order valence-electron chi connectivity index (χ0n) is 4.66. The molecule has 0 aromatic heterocycles. The minimum absolute atomic E-state index is 0. The number of nitrogens with zero attached hydrogens (tertiary/aromatic N) is 1. The van der Waals surface area contributed by atoms with Crippen molar-refractivity contribution in [3.8, 4) is 6.07 Å². The average Bonchev–Trinajstić information content (AvgIpc) is 2.14. The van der Waals surface area contributed by atoms with Crippen LogP contribution in [0, 0.1) is 11.3 Å². The average molecular weight is 187 g/mol. The van der Waals surface area contributed by atoms with E-state index >= 15 is 0 Å². The number of hydrogen-bond donors (Lipinski definition) is 1. The minimum Gasteiger partial charge on any atom is -0.292 e. The largest absolute Gasteiger partial charge is 0.292 e. The van der Waals surface area contributed by atoms with Gasteiger partial charge in [0.2, 0.25) is 0 Å². The van der Waals surface area contributed by atoms with E-state index in [1.165, 1.54) is 0 Å². The SMILES string of the molecule is Cl.Cl.N#CC1CSCN1. The van der Waals surface area contributed by atoms with Gasteiger partial charge in [-0.25, -0.2) is 0 Å². The zero-order chi connectivity index (χ0) is 5.11. The van der Waals surface area contributed by atoms with E-state index in [0.717, 1.165) is 11.6 Å². The number of halogens is 2. The lowest BCUT2D eigenvalue weighted by molar-refractivity contribution is 0.765. The van der Waals surface area contributed by atoms with Crippen molar-refractivity contribution >= 4 is 36.6 Å². The monoisotopic (exact) mass is 186 g/mol. The summed E-state index contributed by atoms with van der Waals surface area (Å²) in [6.45, 7) is 0. The summed E-state index contributed by atoms with van der Waals surface area (Å²) in [7, 11) is 0. The summed E-state index contributed by atoms with van der Waals surface area (Å²) in [5.74, 6) is 1.90. The van der Waals surface area contributed by atoms with Crippen molar-refractivity contribution in [2.45, 2.75) is 6.04 Å². The third-order valence-corrected chi connectivity index (χ3v) is 1.81. The van der Waals surface area contributed by atoms with Gasteiger partial charge in [-0.05, 0) is 0 Å². The third kappa shape index (κ3) is 3.88. The van der Waals surface area contributed by atoms with E-state index < -0.39 is 0 Å². The van der Waals surface area contributed by atoms with Gasteiger partial charge in [-0.1, -0.05) is 0 Å². The van der Waals surface area contributed by atoms with Crippen LogP contribution in [0.25, 0.3) is 0 Å². The Morgan fingerprint density at radius 2 is 2.22 bits per heavy atom. The molecule has 1 saturated heterocycles. The van der Waals surface area contributed by atoms with Crippen LogP contribution in [-0.2, 0) is 0 Å². The zero-order valence-corrected chi connectivity index (χ0v) is 7.11. The lowest BCUT2D eigenvalue weighted by Crippen LogP contribution is -2.20. The maximum absolute atomic E-state index is 8.24. The lowest BCUT2D eigenvalue weighted by Gasteiger charge is -1.90. The molecule has 9 heavy (non-hydrogen) atoms. The molecule has 1 fully saturated rings. The Hall–Kier alpha value is 0.380. The highest BCUT2D eigenvalue weighted by molar-refractivity contribution is 7.99. The molecule has 1 rings (SSSR count).